The third-order valence-electron chi connectivity index (χ3n) is 4.46. The van der Waals surface area contributed by atoms with Gasteiger partial charge in [-0.2, -0.15) is 0 Å². The van der Waals surface area contributed by atoms with Crippen LogP contribution in [0.25, 0.3) is 21.6 Å². The fourth-order valence-electron chi connectivity index (χ4n) is 3.07. The van der Waals surface area contributed by atoms with Crippen molar-refractivity contribution in [3.63, 3.8) is 0 Å². The number of benzene rings is 2. The second-order valence-corrected chi connectivity index (χ2v) is 7.92. The zero-order chi connectivity index (χ0) is 19.5. The molecule has 5 nitrogen and oxygen atoms in total. The number of hydrogen-bond donors (Lipinski definition) is 1. The Labute approximate surface area is 172 Å². The van der Waals surface area contributed by atoms with Crippen LogP contribution in [0.3, 0.4) is 0 Å². The lowest BCUT2D eigenvalue weighted by Crippen LogP contribution is -2.25. The number of aromatic nitrogens is 3. The maximum absolute atomic E-state index is 12.6. The molecular formula is C21H19ClN4OS. The number of halogens is 1. The topological polar surface area (TPSA) is 59.8 Å². The third-order valence-corrected chi connectivity index (χ3v) is 5.90. The van der Waals surface area contributed by atoms with E-state index < -0.39 is 0 Å². The lowest BCUT2D eigenvalue weighted by molar-refractivity contribution is 0.0956. The van der Waals surface area contributed by atoms with Gasteiger partial charge in [0.05, 0.1) is 23.1 Å². The molecule has 0 saturated carbocycles. The number of hydrogen-bond acceptors (Lipinski definition) is 4. The SMILES string of the molecule is Cc1nc(-c2cccc(Cl)c2)sc1C(=O)NCCCn1cnc2ccccc21. The molecule has 1 N–H and O–H groups in total. The minimum absolute atomic E-state index is 0.0845. The molecule has 0 unspecified atom stereocenters. The van der Waals surface area contributed by atoms with Gasteiger partial charge in [0.2, 0.25) is 0 Å². The molecule has 0 fully saturated rings. The van der Waals surface area contributed by atoms with Gasteiger partial charge < -0.3 is 9.88 Å². The van der Waals surface area contributed by atoms with E-state index in [0.717, 1.165) is 40.3 Å². The summed E-state index contributed by atoms with van der Waals surface area (Å²) in [5.74, 6) is -0.0845. The number of carbonyl (C=O) groups excluding carboxylic acids is 1. The Hall–Kier alpha value is -2.70. The summed E-state index contributed by atoms with van der Waals surface area (Å²) in [4.78, 5) is 22.1. The first-order chi connectivity index (χ1) is 13.6. The molecular weight excluding hydrogens is 392 g/mol. The van der Waals surface area contributed by atoms with Gasteiger partial charge in [-0.3, -0.25) is 4.79 Å². The van der Waals surface area contributed by atoms with E-state index in [1.165, 1.54) is 11.3 Å². The van der Waals surface area contributed by atoms with Crippen LogP contribution >= 0.6 is 22.9 Å². The summed E-state index contributed by atoms with van der Waals surface area (Å²) >= 11 is 7.45. The van der Waals surface area contributed by atoms with Gasteiger partial charge >= 0.3 is 0 Å². The van der Waals surface area contributed by atoms with Gasteiger partial charge in [0.15, 0.2) is 0 Å². The second-order valence-electron chi connectivity index (χ2n) is 6.48. The molecule has 0 atom stereocenters. The van der Waals surface area contributed by atoms with Crippen molar-refractivity contribution in [2.75, 3.05) is 6.54 Å². The van der Waals surface area contributed by atoms with Crippen LogP contribution in [0.15, 0.2) is 54.9 Å². The maximum Gasteiger partial charge on any atom is 0.263 e. The van der Waals surface area contributed by atoms with E-state index in [1.807, 2.05) is 55.7 Å². The highest BCUT2D eigenvalue weighted by atomic mass is 35.5. The molecule has 1 amide bonds. The fraction of sp³-hybridized carbons (Fsp3) is 0.190. The molecule has 0 aliphatic rings. The average molecular weight is 411 g/mol. The van der Waals surface area contributed by atoms with E-state index in [1.54, 1.807) is 0 Å². The predicted molar refractivity (Wildman–Crippen MR) is 114 cm³/mol. The van der Waals surface area contributed by atoms with Crippen LogP contribution in [-0.4, -0.2) is 27.0 Å². The molecule has 28 heavy (non-hydrogen) atoms. The minimum Gasteiger partial charge on any atom is -0.351 e. The quantitative estimate of drug-likeness (QED) is 0.458. The Morgan fingerprint density at radius 3 is 2.93 bits per heavy atom. The van der Waals surface area contributed by atoms with E-state index in [2.05, 4.69) is 25.9 Å². The lowest BCUT2D eigenvalue weighted by Gasteiger charge is -2.06. The molecule has 2 aromatic heterocycles. The normalized spacial score (nSPS) is 11.1. The number of fused-ring (bicyclic) bond motifs is 1. The van der Waals surface area contributed by atoms with Crippen LogP contribution in [0.4, 0.5) is 0 Å². The first-order valence-electron chi connectivity index (χ1n) is 9.03. The second kappa shape index (κ2) is 8.12. The van der Waals surface area contributed by atoms with Crippen molar-refractivity contribution < 1.29 is 4.79 Å². The molecule has 142 valence electrons. The van der Waals surface area contributed by atoms with Gasteiger partial charge in [0, 0.05) is 23.7 Å². The highest BCUT2D eigenvalue weighted by Gasteiger charge is 2.16. The minimum atomic E-state index is -0.0845. The Morgan fingerprint density at radius 1 is 1.21 bits per heavy atom. The summed E-state index contributed by atoms with van der Waals surface area (Å²) in [6.07, 6.45) is 2.67. The summed E-state index contributed by atoms with van der Waals surface area (Å²) in [6.45, 7) is 3.25. The van der Waals surface area contributed by atoms with Crippen LogP contribution in [0, 0.1) is 6.92 Å². The highest BCUT2D eigenvalue weighted by Crippen LogP contribution is 2.29. The van der Waals surface area contributed by atoms with Gasteiger partial charge in [0.1, 0.15) is 9.88 Å². The van der Waals surface area contributed by atoms with Gasteiger partial charge in [-0.05, 0) is 37.6 Å². The predicted octanol–water partition coefficient (Wildman–Crippen LogP) is 4.94. The number of amides is 1. The van der Waals surface area contributed by atoms with E-state index in [9.17, 15) is 4.79 Å². The van der Waals surface area contributed by atoms with Crippen molar-refractivity contribution in [3.8, 4) is 10.6 Å². The summed E-state index contributed by atoms with van der Waals surface area (Å²) in [5, 5.41) is 4.46. The summed E-state index contributed by atoms with van der Waals surface area (Å²) in [7, 11) is 0. The molecule has 4 rings (SSSR count). The smallest absolute Gasteiger partial charge is 0.263 e. The summed E-state index contributed by atoms with van der Waals surface area (Å²) in [6, 6.07) is 15.5. The molecule has 4 aromatic rings. The monoisotopic (exact) mass is 410 g/mol. The first-order valence-corrected chi connectivity index (χ1v) is 10.2. The van der Waals surface area contributed by atoms with E-state index in [4.69, 9.17) is 11.6 Å². The number of imidazole rings is 1. The van der Waals surface area contributed by atoms with Gasteiger partial charge in [0.25, 0.3) is 5.91 Å². The van der Waals surface area contributed by atoms with Crippen LogP contribution in [-0.2, 0) is 6.54 Å². The van der Waals surface area contributed by atoms with E-state index >= 15 is 0 Å². The molecule has 0 aliphatic heterocycles. The Bertz CT molecular complexity index is 1130. The van der Waals surface area contributed by atoms with Gasteiger partial charge in [-0.1, -0.05) is 35.9 Å². The summed E-state index contributed by atoms with van der Waals surface area (Å²) in [5.41, 5.74) is 3.75. The number of aryl methyl sites for hydroxylation is 2. The number of nitrogens with one attached hydrogen (secondary N) is 1. The average Bonchev–Trinajstić information content (AvgIpc) is 3.29. The lowest BCUT2D eigenvalue weighted by atomic mass is 10.2. The van der Waals surface area contributed by atoms with Gasteiger partial charge in [-0.15, -0.1) is 11.3 Å². The van der Waals surface area contributed by atoms with Crippen LogP contribution in [0.1, 0.15) is 21.8 Å². The number of para-hydroxylation sites is 2. The number of carbonyl (C=O) groups is 1. The van der Waals surface area contributed by atoms with Crippen LogP contribution in [0.5, 0.6) is 0 Å². The first kappa shape index (κ1) is 18.7. The number of nitrogens with zero attached hydrogens (tertiary/aromatic N) is 3. The third kappa shape index (κ3) is 3.93. The molecule has 0 aliphatic carbocycles. The van der Waals surface area contributed by atoms with Crippen molar-refractivity contribution in [2.24, 2.45) is 0 Å². The standard InChI is InChI=1S/C21H19ClN4OS/c1-14-19(28-21(25-14)15-6-4-7-16(22)12-15)20(27)23-10-5-11-26-13-24-17-8-2-3-9-18(17)26/h2-4,6-9,12-13H,5,10-11H2,1H3,(H,23,27). The van der Waals surface area contributed by atoms with E-state index in [-0.39, 0.29) is 5.91 Å². The largest absolute Gasteiger partial charge is 0.351 e. The van der Waals surface area contributed by atoms with Crippen molar-refractivity contribution in [2.45, 2.75) is 19.9 Å². The molecule has 0 radical (unpaired) electrons. The zero-order valence-corrected chi connectivity index (χ0v) is 16.9. The maximum atomic E-state index is 12.6. The van der Waals surface area contributed by atoms with Crippen molar-refractivity contribution in [1.82, 2.24) is 19.9 Å². The van der Waals surface area contributed by atoms with Crippen molar-refractivity contribution in [3.05, 3.63) is 70.5 Å². The zero-order valence-electron chi connectivity index (χ0n) is 15.4. The molecule has 2 heterocycles. The van der Waals surface area contributed by atoms with Gasteiger partial charge in [-0.25, -0.2) is 9.97 Å². The van der Waals surface area contributed by atoms with Crippen LogP contribution in [0.2, 0.25) is 5.02 Å². The number of rotatable bonds is 6. The van der Waals surface area contributed by atoms with Crippen molar-refractivity contribution in [1.29, 1.82) is 0 Å². The Kier molecular flexibility index (Phi) is 5.41. The molecule has 0 bridgehead atoms. The van der Waals surface area contributed by atoms with Crippen molar-refractivity contribution >= 4 is 39.9 Å². The molecule has 0 spiro atoms. The molecule has 2 aromatic carbocycles. The van der Waals surface area contributed by atoms with E-state index in [0.29, 0.717) is 16.4 Å². The Morgan fingerprint density at radius 2 is 2.07 bits per heavy atom. The molecule has 0 saturated heterocycles. The van der Waals surface area contributed by atoms with Crippen LogP contribution < -0.4 is 5.32 Å². The summed E-state index contributed by atoms with van der Waals surface area (Å²) < 4.78 is 2.11. The number of thiazole rings is 1. The highest BCUT2D eigenvalue weighted by molar-refractivity contribution is 7.17. The Balaban J connectivity index is 1.36. The molecule has 7 heteroatoms. The fourth-order valence-corrected chi connectivity index (χ4v) is 4.24.